The van der Waals surface area contributed by atoms with Gasteiger partial charge < -0.3 is 5.11 Å². The first kappa shape index (κ1) is 14.0. The number of aliphatic hydroxyl groups excluding tert-OH is 1. The van der Waals surface area contributed by atoms with Crippen LogP contribution in [-0.4, -0.2) is 30.9 Å². The SMILES string of the molecule is CCC1CCN(S(=O)(=O)c2ccc(CO)s2)CC1. The van der Waals surface area contributed by atoms with Gasteiger partial charge in [-0.1, -0.05) is 13.3 Å². The van der Waals surface area contributed by atoms with Crippen LogP contribution in [0.5, 0.6) is 0 Å². The predicted molar refractivity (Wildman–Crippen MR) is 72.0 cm³/mol. The van der Waals surface area contributed by atoms with Crippen LogP contribution < -0.4 is 0 Å². The predicted octanol–water partition coefficient (Wildman–Crippen LogP) is 2.05. The van der Waals surface area contributed by atoms with E-state index in [0.717, 1.165) is 30.6 Å². The fourth-order valence-electron chi connectivity index (χ4n) is 2.27. The van der Waals surface area contributed by atoms with Gasteiger partial charge >= 0.3 is 0 Å². The molecule has 0 bridgehead atoms. The van der Waals surface area contributed by atoms with Crippen molar-refractivity contribution in [1.29, 1.82) is 0 Å². The molecule has 0 unspecified atom stereocenters. The van der Waals surface area contributed by atoms with E-state index in [0.29, 0.717) is 28.1 Å². The lowest BCUT2D eigenvalue weighted by molar-refractivity contribution is 0.269. The molecule has 0 atom stereocenters. The number of sulfonamides is 1. The maximum atomic E-state index is 12.4. The van der Waals surface area contributed by atoms with E-state index < -0.39 is 10.0 Å². The lowest BCUT2D eigenvalue weighted by atomic mass is 9.96. The number of thiophene rings is 1. The van der Waals surface area contributed by atoms with E-state index in [1.165, 1.54) is 0 Å². The summed E-state index contributed by atoms with van der Waals surface area (Å²) in [5.41, 5.74) is 0. The third kappa shape index (κ3) is 2.77. The lowest BCUT2D eigenvalue weighted by Gasteiger charge is -2.30. The van der Waals surface area contributed by atoms with E-state index in [-0.39, 0.29) is 6.61 Å². The Bertz CT molecular complexity index is 487. The van der Waals surface area contributed by atoms with Crippen molar-refractivity contribution in [3.63, 3.8) is 0 Å². The molecule has 2 heterocycles. The molecule has 6 heteroatoms. The van der Waals surface area contributed by atoms with Crippen LogP contribution in [0.25, 0.3) is 0 Å². The van der Waals surface area contributed by atoms with Gasteiger partial charge in [0.25, 0.3) is 10.0 Å². The Morgan fingerprint density at radius 1 is 1.39 bits per heavy atom. The summed E-state index contributed by atoms with van der Waals surface area (Å²) < 4.78 is 26.7. The molecule has 0 amide bonds. The molecule has 1 saturated heterocycles. The van der Waals surface area contributed by atoms with Crippen LogP contribution in [0, 0.1) is 5.92 Å². The summed E-state index contributed by atoms with van der Waals surface area (Å²) in [4.78, 5) is 0.692. The van der Waals surface area contributed by atoms with Crippen molar-refractivity contribution < 1.29 is 13.5 Å². The van der Waals surface area contributed by atoms with Gasteiger partial charge in [-0.25, -0.2) is 8.42 Å². The molecule has 4 nitrogen and oxygen atoms in total. The lowest BCUT2D eigenvalue weighted by Crippen LogP contribution is -2.37. The second-order valence-corrected chi connectivity index (χ2v) is 7.97. The van der Waals surface area contributed by atoms with Gasteiger partial charge in [-0.3, -0.25) is 0 Å². The molecule has 102 valence electrons. The summed E-state index contributed by atoms with van der Waals surface area (Å²) >= 11 is 1.16. The van der Waals surface area contributed by atoms with Crippen LogP contribution in [-0.2, 0) is 16.6 Å². The Hall–Kier alpha value is -0.430. The standard InChI is InChI=1S/C12H19NO3S2/c1-2-10-5-7-13(8-6-10)18(15,16)12-4-3-11(9-14)17-12/h3-4,10,14H,2,5-9H2,1H3. The largest absolute Gasteiger partial charge is 0.391 e. The molecule has 1 aliphatic rings. The number of aliphatic hydroxyl groups is 1. The highest BCUT2D eigenvalue weighted by Gasteiger charge is 2.29. The van der Waals surface area contributed by atoms with E-state index in [1.54, 1.807) is 16.4 Å². The molecular formula is C12H19NO3S2. The van der Waals surface area contributed by atoms with Gasteiger partial charge in [-0.05, 0) is 30.9 Å². The molecule has 0 spiro atoms. The molecule has 0 aliphatic carbocycles. The molecule has 0 radical (unpaired) electrons. The topological polar surface area (TPSA) is 57.6 Å². The number of hydrogen-bond acceptors (Lipinski definition) is 4. The number of nitrogens with zero attached hydrogens (tertiary/aromatic N) is 1. The second kappa shape index (κ2) is 5.69. The van der Waals surface area contributed by atoms with Gasteiger partial charge in [-0.2, -0.15) is 4.31 Å². The van der Waals surface area contributed by atoms with E-state index in [9.17, 15) is 8.42 Å². The zero-order valence-corrected chi connectivity index (χ0v) is 12.1. The minimum Gasteiger partial charge on any atom is -0.391 e. The maximum Gasteiger partial charge on any atom is 0.252 e. The Kier molecular flexibility index (Phi) is 4.42. The van der Waals surface area contributed by atoms with E-state index in [1.807, 2.05) is 0 Å². The number of rotatable bonds is 4. The first-order chi connectivity index (χ1) is 8.57. The molecule has 1 aromatic heterocycles. The summed E-state index contributed by atoms with van der Waals surface area (Å²) in [6, 6.07) is 3.27. The molecule has 2 rings (SSSR count). The second-order valence-electron chi connectivity index (χ2n) is 4.63. The molecule has 1 aromatic rings. The summed E-state index contributed by atoms with van der Waals surface area (Å²) in [5, 5.41) is 9.00. The number of piperidine rings is 1. The maximum absolute atomic E-state index is 12.4. The Labute approximate surface area is 112 Å². The van der Waals surface area contributed by atoms with E-state index in [4.69, 9.17) is 5.11 Å². The highest BCUT2D eigenvalue weighted by Crippen LogP contribution is 2.29. The minimum atomic E-state index is -3.34. The molecule has 0 aromatic carbocycles. The summed E-state index contributed by atoms with van der Waals surface area (Å²) in [6.07, 6.45) is 3.03. The highest BCUT2D eigenvalue weighted by atomic mass is 32.2. The first-order valence-corrected chi connectivity index (χ1v) is 8.53. The van der Waals surface area contributed by atoms with E-state index >= 15 is 0 Å². The quantitative estimate of drug-likeness (QED) is 0.923. The van der Waals surface area contributed by atoms with Crippen molar-refractivity contribution in [2.75, 3.05) is 13.1 Å². The zero-order chi connectivity index (χ0) is 13.2. The van der Waals surface area contributed by atoms with Gasteiger partial charge in [0.15, 0.2) is 0 Å². The van der Waals surface area contributed by atoms with Crippen LogP contribution in [0.4, 0.5) is 0 Å². The van der Waals surface area contributed by atoms with Gasteiger partial charge in [0.2, 0.25) is 0 Å². The van der Waals surface area contributed by atoms with Crippen LogP contribution in [0.3, 0.4) is 0 Å². The normalized spacial score (nSPS) is 19.2. The summed E-state index contributed by atoms with van der Waals surface area (Å²) in [7, 11) is -3.34. The first-order valence-electron chi connectivity index (χ1n) is 6.27. The zero-order valence-electron chi connectivity index (χ0n) is 10.5. The monoisotopic (exact) mass is 289 g/mol. The molecule has 1 N–H and O–H groups in total. The Balaban J connectivity index is 2.12. The van der Waals surface area contributed by atoms with Crippen molar-refractivity contribution in [1.82, 2.24) is 4.31 Å². The van der Waals surface area contributed by atoms with Gasteiger partial charge in [0.05, 0.1) is 6.61 Å². The van der Waals surface area contributed by atoms with Crippen molar-refractivity contribution >= 4 is 21.4 Å². The van der Waals surface area contributed by atoms with Crippen molar-refractivity contribution in [2.45, 2.75) is 37.0 Å². The van der Waals surface area contributed by atoms with Crippen LogP contribution >= 0.6 is 11.3 Å². The van der Waals surface area contributed by atoms with Gasteiger partial charge in [-0.15, -0.1) is 11.3 Å². The van der Waals surface area contributed by atoms with Gasteiger partial charge in [0, 0.05) is 18.0 Å². The minimum absolute atomic E-state index is 0.0991. The average molecular weight is 289 g/mol. The fraction of sp³-hybridized carbons (Fsp3) is 0.667. The highest BCUT2D eigenvalue weighted by molar-refractivity contribution is 7.91. The fourth-order valence-corrected chi connectivity index (χ4v) is 5.11. The Morgan fingerprint density at radius 2 is 2.06 bits per heavy atom. The Morgan fingerprint density at radius 3 is 2.56 bits per heavy atom. The summed E-state index contributed by atoms with van der Waals surface area (Å²) in [5.74, 6) is 0.660. The van der Waals surface area contributed by atoms with Crippen LogP contribution in [0.15, 0.2) is 16.3 Å². The van der Waals surface area contributed by atoms with E-state index in [2.05, 4.69) is 6.92 Å². The van der Waals surface area contributed by atoms with Crippen molar-refractivity contribution in [3.8, 4) is 0 Å². The van der Waals surface area contributed by atoms with Crippen molar-refractivity contribution in [2.24, 2.45) is 5.92 Å². The third-order valence-electron chi connectivity index (χ3n) is 3.54. The third-order valence-corrected chi connectivity index (χ3v) is 6.97. The average Bonchev–Trinajstić information content (AvgIpc) is 2.88. The molecule has 18 heavy (non-hydrogen) atoms. The van der Waals surface area contributed by atoms with Gasteiger partial charge in [0.1, 0.15) is 4.21 Å². The van der Waals surface area contributed by atoms with Crippen LogP contribution in [0.1, 0.15) is 31.1 Å². The number of hydrogen-bond donors (Lipinski definition) is 1. The molecule has 0 saturated carbocycles. The van der Waals surface area contributed by atoms with Crippen molar-refractivity contribution in [3.05, 3.63) is 17.0 Å². The molecule has 1 fully saturated rings. The van der Waals surface area contributed by atoms with Crippen LogP contribution in [0.2, 0.25) is 0 Å². The smallest absolute Gasteiger partial charge is 0.252 e. The summed E-state index contributed by atoms with van der Waals surface area (Å²) in [6.45, 7) is 3.29. The molecule has 1 aliphatic heterocycles. The molecular weight excluding hydrogens is 270 g/mol.